The lowest BCUT2D eigenvalue weighted by molar-refractivity contribution is -0.118. The largest absolute Gasteiger partial charge is 0.495 e. The van der Waals surface area contributed by atoms with Gasteiger partial charge in [-0.1, -0.05) is 57.5 Å². The van der Waals surface area contributed by atoms with Gasteiger partial charge in [-0.3, -0.25) is 5.32 Å². The summed E-state index contributed by atoms with van der Waals surface area (Å²) in [5.41, 5.74) is 1.15. The maximum atomic E-state index is 6.53. The van der Waals surface area contributed by atoms with E-state index >= 15 is 0 Å². The van der Waals surface area contributed by atoms with Crippen molar-refractivity contribution in [2.75, 3.05) is 13.2 Å². The van der Waals surface area contributed by atoms with E-state index in [0.717, 1.165) is 25.0 Å². The highest BCUT2D eigenvalue weighted by molar-refractivity contribution is 6.61. The van der Waals surface area contributed by atoms with Crippen LogP contribution in [0.1, 0.15) is 46.5 Å². The Labute approximate surface area is 134 Å². The molecular formula is C18H28BNO2. The van der Waals surface area contributed by atoms with E-state index in [1.54, 1.807) is 0 Å². The Morgan fingerprint density at radius 1 is 1.23 bits per heavy atom. The van der Waals surface area contributed by atoms with Gasteiger partial charge in [0, 0.05) is 19.1 Å². The summed E-state index contributed by atoms with van der Waals surface area (Å²) in [7, 11) is -0.247. The summed E-state index contributed by atoms with van der Waals surface area (Å²) in [6.07, 6.45) is 4.79. The molecule has 2 unspecified atom stereocenters. The van der Waals surface area contributed by atoms with Gasteiger partial charge in [0.15, 0.2) is 0 Å². The van der Waals surface area contributed by atoms with Crippen molar-refractivity contribution in [1.29, 1.82) is 0 Å². The van der Waals surface area contributed by atoms with E-state index in [1.807, 2.05) is 18.2 Å². The van der Waals surface area contributed by atoms with Gasteiger partial charge in [-0.2, -0.15) is 0 Å². The van der Waals surface area contributed by atoms with Crippen molar-refractivity contribution in [3.63, 3.8) is 0 Å². The molecule has 1 saturated heterocycles. The molecule has 1 aromatic rings. The quantitative estimate of drug-likeness (QED) is 0.871. The summed E-state index contributed by atoms with van der Waals surface area (Å²) in [5, 5.41) is 3.77. The summed E-state index contributed by atoms with van der Waals surface area (Å²) < 4.78 is 12.6. The fourth-order valence-corrected chi connectivity index (χ4v) is 3.48. The summed E-state index contributed by atoms with van der Waals surface area (Å²) in [4.78, 5) is 0. The lowest BCUT2D eigenvalue weighted by atomic mass is 9.71. The zero-order chi connectivity index (χ0) is 15.6. The number of hydrogen-bond acceptors (Lipinski definition) is 3. The Kier molecular flexibility index (Phi) is 4.63. The van der Waals surface area contributed by atoms with Crippen LogP contribution in [0.2, 0.25) is 0 Å². The van der Waals surface area contributed by atoms with Crippen LogP contribution in [0.5, 0.6) is 0 Å². The van der Waals surface area contributed by atoms with Crippen LogP contribution in [0.3, 0.4) is 0 Å². The van der Waals surface area contributed by atoms with E-state index in [1.165, 1.54) is 19.3 Å². The Morgan fingerprint density at radius 3 is 2.73 bits per heavy atom. The standard InChI is InChI=1S/C18H28BNO2/c1-17(2,3)14-20-18-12-8-7-9-15(18)13-21-19(22-18)16-10-5-4-6-11-16/h4-6,10-11,15,20H,7-9,12-14H2,1-3H3. The van der Waals surface area contributed by atoms with E-state index in [9.17, 15) is 0 Å². The third kappa shape index (κ3) is 3.56. The van der Waals surface area contributed by atoms with E-state index in [0.29, 0.717) is 5.92 Å². The molecule has 2 atom stereocenters. The fourth-order valence-electron chi connectivity index (χ4n) is 3.48. The van der Waals surface area contributed by atoms with E-state index in [4.69, 9.17) is 9.31 Å². The molecule has 1 N–H and O–H groups in total. The predicted octanol–water partition coefficient (Wildman–Crippen LogP) is 2.95. The number of hydrogen-bond donors (Lipinski definition) is 1. The van der Waals surface area contributed by atoms with Crippen LogP contribution >= 0.6 is 0 Å². The van der Waals surface area contributed by atoms with Gasteiger partial charge in [0.25, 0.3) is 0 Å². The molecule has 1 heterocycles. The number of rotatable bonds is 3. The zero-order valence-electron chi connectivity index (χ0n) is 14.1. The SMILES string of the molecule is CC(C)(C)CNC12CCCCC1COB(c1ccccc1)O2. The molecule has 1 saturated carbocycles. The molecule has 1 aliphatic carbocycles. The predicted molar refractivity (Wildman–Crippen MR) is 91.0 cm³/mol. The number of nitrogens with one attached hydrogen (secondary N) is 1. The normalized spacial score (nSPS) is 29.2. The molecule has 4 heteroatoms. The average Bonchev–Trinajstić information content (AvgIpc) is 2.53. The Bertz CT molecular complexity index is 488. The molecule has 0 bridgehead atoms. The molecule has 0 spiro atoms. The first-order valence-electron chi connectivity index (χ1n) is 8.58. The molecule has 1 aliphatic heterocycles. The van der Waals surface area contributed by atoms with Crippen molar-refractivity contribution in [1.82, 2.24) is 5.32 Å². The molecule has 2 aliphatic rings. The maximum Gasteiger partial charge on any atom is 0.495 e. The highest BCUT2D eigenvalue weighted by Crippen LogP contribution is 2.39. The van der Waals surface area contributed by atoms with Crippen molar-refractivity contribution in [2.45, 2.75) is 52.2 Å². The number of benzene rings is 1. The van der Waals surface area contributed by atoms with Gasteiger partial charge in [-0.15, -0.1) is 0 Å². The van der Waals surface area contributed by atoms with Gasteiger partial charge >= 0.3 is 7.12 Å². The molecule has 3 nitrogen and oxygen atoms in total. The van der Waals surface area contributed by atoms with Gasteiger partial charge in [-0.05, 0) is 30.1 Å². The third-order valence-electron chi connectivity index (χ3n) is 4.77. The van der Waals surface area contributed by atoms with Gasteiger partial charge in [-0.25, -0.2) is 0 Å². The van der Waals surface area contributed by atoms with Crippen LogP contribution < -0.4 is 10.8 Å². The molecule has 0 radical (unpaired) electrons. The zero-order valence-corrected chi connectivity index (χ0v) is 14.1. The summed E-state index contributed by atoms with van der Waals surface area (Å²) >= 11 is 0. The van der Waals surface area contributed by atoms with Crippen LogP contribution in [-0.2, 0) is 9.31 Å². The second kappa shape index (κ2) is 6.35. The minimum absolute atomic E-state index is 0.218. The molecule has 0 amide bonds. The lowest BCUT2D eigenvalue weighted by Crippen LogP contribution is -2.65. The van der Waals surface area contributed by atoms with Gasteiger partial charge in [0.1, 0.15) is 5.72 Å². The first kappa shape index (κ1) is 16.0. The Hall–Kier alpha value is -0.835. The topological polar surface area (TPSA) is 30.5 Å². The maximum absolute atomic E-state index is 6.53. The Morgan fingerprint density at radius 2 is 2.00 bits per heavy atom. The van der Waals surface area contributed by atoms with Crippen LogP contribution in [0, 0.1) is 11.3 Å². The first-order chi connectivity index (χ1) is 10.5. The average molecular weight is 301 g/mol. The highest BCUT2D eigenvalue weighted by atomic mass is 16.6. The molecule has 1 aromatic carbocycles. The van der Waals surface area contributed by atoms with Gasteiger partial charge in [0.2, 0.25) is 0 Å². The van der Waals surface area contributed by atoms with Crippen LogP contribution in [0.4, 0.5) is 0 Å². The van der Waals surface area contributed by atoms with Crippen LogP contribution in [0.25, 0.3) is 0 Å². The first-order valence-corrected chi connectivity index (χ1v) is 8.58. The fraction of sp³-hybridized carbons (Fsp3) is 0.667. The highest BCUT2D eigenvalue weighted by Gasteiger charge is 2.49. The van der Waals surface area contributed by atoms with Gasteiger partial charge < -0.3 is 9.31 Å². The van der Waals surface area contributed by atoms with Crippen molar-refractivity contribution >= 4 is 12.6 Å². The molecule has 120 valence electrons. The number of fused-ring (bicyclic) bond motifs is 1. The molecule has 0 aromatic heterocycles. The van der Waals surface area contributed by atoms with Crippen molar-refractivity contribution in [3.8, 4) is 0 Å². The lowest BCUT2D eigenvalue weighted by Gasteiger charge is -2.50. The van der Waals surface area contributed by atoms with E-state index < -0.39 is 0 Å². The van der Waals surface area contributed by atoms with E-state index in [2.05, 4.69) is 38.2 Å². The molecule has 22 heavy (non-hydrogen) atoms. The van der Waals surface area contributed by atoms with Crippen molar-refractivity contribution in [3.05, 3.63) is 30.3 Å². The molecule has 2 fully saturated rings. The minimum atomic E-state index is -0.247. The third-order valence-corrected chi connectivity index (χ3v) is 4.77. The summed E-state index contributed by atoms with van der Waals surface area (Å²) in [5.74, 6) is 0.462. The van der Waals surface area contributed by atoms with Crippen molar-refractivity contribution < 1.29 is 9.31 Å². The van der Waals surface area contributed by atoms with Crippen molar-refractivity contribution in [2.24, 2.45) is 11.3 Å². The molecule has 3 rings (SSSR count). The second-order valence-corrected chi connectivity index (χ2v) is 7.94. The Balaban J connectivity index is 1.78. The molecular weight excluding hydrogens is 273 g/mol. The van der Waals surface area contributed by atoms with Crippen LogP contribution in [0.15, 0.2) is 30.3 Å². The van der Waals surface area contributed by atoms with E-state index in [-0.39, 0.29) is 18.3 Å². The second-order valence-electron chi connectivity index (χ2n) is 7.94. The summed E-state index contributed by atoms with van der Waals surface area (Å²) in [6, 6.07) is 10.3. The monoisotopic (exact) mass is 301 g/mol. The summed E-state index contributed by atoms with van der Waals surface area (Å²) in [6.45, 7) is 8.55. The minimum Gasteiger partial charge on any atom is -0.407 e. The smallest absolute Gasteiger partial charge is 0.407 e. The van der Waals surface area contributed by atoms with Crippen LogP contribution in [-0.4, -0.2) is 26.0 Å². The van der Waals surface area contributed by atoms with Gasteiger partial charge in [0.05, 0.1) is 0 Å².